The second kappa shape index (κ2) is 7.49. The van der Waals surface area contributed by atoms with Gasteiger partial charge in [0, 0.05) is 3.57 Å². The highest BCUT2D eigenvalue weighted by molar-refractivity contribution is 14.1. The summed E-state index contributed by atoms with van der Waals surface area (Å²) in [6.07, 6.45) is 0.728. The lowest BCUT2D eigenvalue weighted by molar-refractivity contribution is -0.139. The SMILES string of the molecule is CCOC(=O)C1=C(C)N=C2SC(CC)C(=O)N2C1c1ccc(I)cc1. The summed E-state index contributed by atoms with van der Waals surface area (Å²) >= 11 is 3.71. The number of hydrogen-bond acceptors (Lipinski definition) is 5. The summed E-state index contributed by atoms with van der Waals surface area (Å²) in [7, 11) is 0. The Labute approximate surface area is 165 Å². The van der Waals surface area contributed by atoms with Gasteiger partial charge in [0.25, 0.3) is 0 Å². The van der Waals surface area contributed by atoms with Crippen molar-refractivity contribution in [2.24, 2.45) is 4.99 Å². The summed E-state index contributed by atoms with van der Waals surface area (Å²) in [4.78, 5) is 31.7. The van der Waals surface area contributed by atoms with E-state index in [0.717, 1.165) is 15.6 Å². The average Bonchev–Trinajstić information content (AvgIpc) is 2.90. The summed E-state index contributed by atoms with van der Waals surface area (Å²) in [5.41, 5.74) is 1.95. The van der Waals surface area contributed by atoms with Crippen molar-refractivity contribution in [3.8, 4) is 0 Å². The number of amidine groups is 1. The summed E-state index contributed by atoms with van der Waals surface area (Å²) < 4.78 is 6.35. The first-order chi connectivity index (χ1) is 12.0. The molecule has 1 aromatic rings. The number of amides is 1. The Balaban J connectivity index is 2.13. The molecule has 0 aliphatic carbocycles. The summed E-state index contributed by atoms with van der Waals surface area (Å²) in [5, 5.41) is 0.519. The molecule has 5 nitrogen and oxygen atoms in total. The molecule has 2 unspecified atom stereocenters. The van der Waals surface area contributed by atoms with Gasteiger partial charge in [0.05, 0.1) is 29.2 Å². The Kier molecular flexibility index (Phi) is 5.52. The maximum absolute atomic E-state index is 12.9. The van der Waals surface area contributed by atoms with Gasteiger partial charge in [-0.2, -0.15) is 0 Å². The third-order valence-electron chi connectivity index (χ3n) is 4.20. The molecule has 0 saturated carbocycles. The molecule has 0 spiro atoms. The van der Waals surface area contributed by atoms with Crippen LogP contribution in [0.15, 0.2) is 40.5 Å². The molecule has 3 rings (SSSR count). The van der Waals surface area contributed by atoms with Crippen molar-refractivity contribution in [2.45, 2.75) is 38.5 Å². The fraction of sp³-hybridized carbons (Fsp3) is 0.389. The molecule has 2 atom stereocenters. The van der Waals surface area contributed by atoms with E-state index in [1.807, 2.05) is 31.2 Å². The van der Waals surface area contributed by atoms with Crippen molar-refractivity contribution in [3.05, 3.63) is 44.7 Å². The first-order valence-corrected chi connectivity index (χ1v) is 10.2. The van der Waals surface area contributed by atoms with E-state index >= 15 is 0 Å². The monoisotopic (exact) mass is 470 g/mol. The third-order valence-corrected chi connectivity index (χ3v) is 6.24. The number of ether oxygens (including phenoxy) is 1. The van der Waals surface area contributed by atoms with E-state index in [4.69, 9.17) is 4.74 Å². The van der Waals surface area contributed by atoms with E-state index in [1.54, 1.807) is 18.7 Å². The van der Waals surface area contributed by atoms with Crippen LogP contribution < -0.4 is 0 Å². The largest absolute Gasteiger partial charge is 0.463 e. The van der Waals surface area contributed by atoms with E-state index in [1.165, 1.54) is 11.8 Å². The van der Waals surface area contributed by atoms with Crippen LogP contribution in [0.3, 0.4) is 0 Å². The molecular weight excluding hydrogens is 451 g/mol. The number of thioether (sulfide) groups is 1. The molecule has 0 aromatic heterocycles. The molecule has 132 valence electrons. The van der Waals surface area contributed by atoms with Gasteiger partial charge in [-0.3, -0.25) is 9.69 Å². The van der Waals surface area contributed by atoms with Crippen molar-refractivity contribution in [1.29, 1.82) is 0 Å². The Bertz CT molecular complexity index is 773. The number of fused-ring (bicyclic) bond motifs is 1. The first-order valence-electron chi connectivity index (χ1n) is 8.19. The van der Waals surface area contributed by atoms with E-state index < -0.39 is 12.0 Å². The molecule has 0 radical (unpaired) electrons. The van der Waals surface area contributed by atoms with Gasteiger partial charge in [-0.15, -0.1) is 0 Å². The molecule has 1 saturated heterocycles. The lowest BCUT2D eigenvalue weighted by Gasteiger charge is -2.33. The number of hydrogen-bond donors (Lipinski definition) is 0. The van der Waals surface area contributed by atoms with Gasteiger partial charge >= 0.3 is 5.97 Å². The van der Waals surface area contributed by atoms with Crippen LogP contribution in [0.25, 0.3) is 0 Å². The van der Waals surface area contributed by atoms with Crippen LogP contribution >= 0.6 is 34.4 Å². The molecule has 2 aliphatic heterocycles. The molecule has 1 amide bonds. The minimum atomic E-state index is -0.486. The summed E-state index contributed by atoms with van der Waals surface area (Å²) in [6.45, 7) is 5.85. The van der Waals surface area contributed by atoms with E-state index in [9.17, 15) is 9.59 Å². The average molecular weight is 470 g/mol. The molecule has 2 heterocycles. The summed E-state index contributed by atoms with van der Waals surface area (Å²) in [5.74, 6) is -0.409. The third kappa shape index (κ3) is 3.36. The Morgan fingerprint density at radius 3 is 2.60 bits per heavy atom. The zero-order valence-corrected chi connectivity index (χ0v) is 17.3. The molecule has 0 bridgehead atoms. The maximum Gasteiger partial charge on any atom is 0.338 e. The van der Waals surface area contributed by atoms with Gasteiger partial charge in [0.15, 0.2) is 5.17 Å². The number of aliphatic imine (C=N–C) groups is 1. The number of benzene rings is 1. The smallest absolute Gasteiger partial charge is 0.338 e. The number of carbonyl (C=O) groups is 2. The molecule has 2 aliphatic rings. The van der Waals surface area contributed by atoms with Gasteiger partial charge in [0.2, 0.25) is 5.91 Å². The van der Waals surface area contributed by atoms with Crippen LogP contribution in [0.2, 0.25) is 0 Å². The van der Waals surface area contributed by atoms with Crippen LogP contribution in [0.4, 0.5) is 0 Å². The van der Waals surface area contributed by atoms with Crippen molar-refractivity contribution in [2.75, 3.05) is 6.61 Å². The highest BCUT2D eigenvalue weighted by Gasteiger charge is 2.47. The Hall–Kier alpha value is -1.35. The fourth-order valence-electron chi connectivity index (χ4n) is 3.02. The highest BCUT2D eigenvalue weighted by Crippen LogP contribution is 2.44. The number of allylic oxidation sites excluding steroid dienone is 1. The number of nitrogens with zero attached hydrogens (tertiary/aromatic N) is 2. The Morgan fingerprint density at radius 2 is 2.00 bits per heavy atom. The number of halogens is 1. The van der Waals surface area contributed by atoms with Gasteiger partial charge < -0.3 is 4.74 Å². The topological polar surface area (TPSA) is 59.0 Å². The van der Waals surface area contributed by atoms with Crippen molar-refractivity contribution < 1.29 is 14.3 Å². The van der Waals surface area contributed by atoms with E-state index in [-0.39, 0.29) is 17.8 Å². The van der Waals surface area contributed by atoms with Gasteiger partial charge in [-0.25, -0.2) is 9.79 Å². The zero-order chi connectivity index (χ0) is 18.1. The first kappa shape index (κ1) is 18.4. The highest BCUT2D eigenvalue weighted by atomic mass is 127. The van der Waals surface area contributed by atoms with Crippen LogP contribution in [0, 0.1) is 3.57 Å². The van der Waals surface area contributed by atoms with Crippen LogP contribution in [-0.4, -0.2) is 33.8 Å². The van der Waals surface area contributed by atoms with Crippen molar-refractivity contribution in [3.63, 3.8) is 0 Å². The van der Waals surface area contributed by atoms with Crippen LogP contribution in [0.5, 0.6) is 0 Å². The Morgan fingerprint density at radius 1 is 1.32 bits per heavy atom. The van der Waals surface area contributed by atoms with Gasteiger partial charge in [0.1, 0.15) is 0 Å². The molecular formula is C18H19IN2O3S. The fourth-order valence-corrected chi connectivity index (χ4v) is 4.51. The molecule has 0 N–H and O–H groups in total. The van der Waals surface area contributed by atoms with Crippen molar-refractivity contribution >= 4 is 51.4 Å². The molecule has 25 heavy (non-hydrogen) atoms. The summed E-state index contributed by atoms with van der Waals surface area (Å²) in [6, 6.07) is 7.38. The lowest BCUT2D eigenvalue weighted by atomic mass is 9.94. The number of rotatable bonds is 4. The standard InChI is InChI=1S/C18H19IN2O3S/c1-4-13-16(22)21-15(11-6-8-12(19)9-7-11)14(17(23)24-5-2)10(3)20-18(21)25-13/h6-9,13,15H,4-5H2,1-3H3. The molecule has 1 fully saturated rings. The predicted octanol–water partition coefficient (Wildman–Crippen LogP) is 3.89. The van der Waals surface area contributed by atoms with E-state index in [0.29, 0.717) is 16.4 Å². The number of carbonyl (C=O) groups excluding carboxylic acids is 2. The molecule has 7 heteroatoms. The normalized spacial score (nSPS) is 22.8. The van der Waals surface area contributed by atoms with Crippen LogP contribution in [0.1, 0.15) is 38.8 Å². The van der Waals surface area contributed by atoms with E-state index in [2.05, 4.69) is 27.6 Å². The maximum atomic E-state index is 12.9. The lowest BCUT2D eigenvalue weighted by Crippen LogP contribution is -2.40. The second-order valence-electron chi connectivity index (χ2n) is 5.79. The van der Waals surface area contributed by atoms with Crippen molar-refractivity contribution in [1.82, 2.24) is 4.90 Å². The zero-order valence-electron chi connectivity index (χ0n) is 14.3. The molecule has 1 aromatic carbocycles. The predicted molar refractivity (Wildman–Crippen MR) is 107 cm³/mol. The van der Waals surface area contributed by atoms with Crippen LogP contribution in [-0.2, 0) is 14.3 Å². The number of esters is 1. The minimum Gasteiger partial charge on any atom is -0.463 e. The quantitative estimate of drug-likeness (QED) is 0.495. The minimum absolute atomic E-state index is 0.00379. The second-order valence-corrected chi connectivity index (χ2v) is 8.21. The van der Waals surface area contributed by atoms with Gasteiger partial charge in [-0.1, -0.05) is 30.8 Å². The van der Waals surface area contributed by atoms with Gasteiger partial charge in [-0.05, 0) is 60.6 Å².